The van der Waals surface area contributed by atoms with Gasteiger partial charge >= 0.3 is 0 Å². The van der Waals surface area contributed by atoms with Gasteiger partial charge in [-0.1, -0.05) is 6.92 Å². The van der Waals surface area contributed by atoms with Gasteiger partial charge in [0.2, 0.25) is 0 Å². The first-order valence-electron chi connectivity index (χ1n) is 5.33. The van der Waals surface area contributed by atoms with Crippen LogP contribution < -0.4 is 5.32 Å². The summed E-state index contributed by atoms with van der Waals surface area (Å²) >= 11 is 0. The molecule has 0 amide bonds. The van der Waals surface area contributed by atoms with Gasteiger partial charge in [-0.15, -0.1) is 0 Å². The third-order valence-corrected chi connectivity index (χ3v) is 3.29. The molecule has 0 radical (unpaired) electrons. The van der Waals surface area contributed by atoms with E-state index in [1.54, 1.807) is 0 Å². The zero-order valence-electron chi connectivity index (χ0n) is 10.1. The minimum Gasteiger partial charge on any atom is -0.320 e. The Labute approximate surface area is 83.7 Å². The van der Waals surface area contributed by atoms with E-state index >= 15 is 0 Å². The average Bonchev–Trinajstić information content (AvgIpc) is 2.12. The van der Waals surface area contributed by atoms with Gasteiger partial charge in [0, 0.05) is 11.6 Å². The molecule has 0 aliphatic carbocycles. The Morgan fingerprint density at radius 3 is 2.31 bits per heavy atom. The van der Waals surface area contributed by atoms with Crippen LogP contribution >= 0.6 is 0 Å². The van der Waals surface area contributed by atoms with Gasteiger partial charge in [-0.05, 0) is 54.3 Å². The molecule has 0 bridgehead atoms. The summed E-state index contributed by atoms with van der Waals surface area (Å²) in [6.07, 6.45) is 2.42. The number of rotatable bonds is 6. The zero-order chi connectivity index (χ0) is 10.5. The lowest BCUT2D eigenvalue weighted by Crippen LogP contribution is -2.46. The van der Waals surface area contributed by atoms with Crippen molar-refractivity contribution < 1.29 is 0 Å². The molecule has 0 fully saturated rings. The molecule has 0 rings (SSSR count). The van der Waals surface area contributed by atoms with Crippen molar-refractivity contribution in [3.63, 3.8) is 0 Å². The Morgan fingerprint density at radius 2 is 1.92 bits per heavy atom. The van der Waals surface area contributed by atoms with E-state index in [0.29, 0.717) is 11.6 Å². The van der Waals surface area contributed by atoms with Gasteiger partial charge in [0.25, 0.3) is 0 Å². The van der Waals surface area contributed by atoms with Crippen LogP contribution in [0.2, 0.25) is 0 Å². The van der Waals surface area contributed by atoms with Crippen LogP contribution in [-0.2, 0) is 0 Å². The van der Waals surface area contributed by atoms with E-state index in [-0.39, 0.29) is 0 Å². The molecule has 13 heavy (non-hydrogen) atoms. The van der Waals surface area contributed by atoms with E-state index in [9.17, 15) is 0 Å². The summed E-state index contributed by atoms with van der Waals surface area (Å²) in [6, 6.07) is 0.655. The van der Waals surface area contributed by atoms with Crippen LogP contribution in [0.1, 0.15) is 40.5 Å². The van der Waals surface area contributed by atoms with E-state index in [2.05, 4.69) is 45.0 Å². The Balaban J connectivity index is 4.00. The molecular formula is C11H26N2. The monoisotopic (exact) mass is 186 g/mol. The van der Waals surface area contributed by atoms with Gasteiger partial charge in [-0.3, -0.25) is 4.90 Å². The van der Waals surface area contributed by atoms with Gasteiger partial charge in [-0.25, -0.2) is 0 Å². The molecule has 1 atom stereocenters. The van der Waals surface area contributed by atoms with E-state index in [1.807, 2.05) is 7.05 Å². The summed E-state index contributed by atoms with van der Waals surface area (Å²) in [5.74, 6) is 0. The predicted octanol–water partition coefficient (Wildman–Crippen LogP) is 2.10. The van der Waals surface area contributed by atoms with Crippen molar-refractivity contribution in [3.05, 3.63) is 0 Å². The van der Waals surface area contributed by atoms with Crippen LogP contribution in [0.5, 0.6) is 0 Å². The van der Waals surface area contributed by atoms with Gasteiger partial charge in [-0.2, -0.15) is 0 Å². The van der Waals surface area contributed by atoms with E-state index in [4.69, 9.17) is 0 Å². The highest BCUT2D eigenvalue weighted by molar-refractivity contribution is 4.81. The Morgan fingerprint density at radius 1 is 1.38 bits per heavy atom. The first kappa shape index (κ1) is 12.9. The topological polar surface area (TPSA) is 15.3 Å². The smallest absolute Gasteiger partial charge is 0.0150 e. The van der Waals surface area contributed by atoms with Crippen LogP contribution in [0.15, 0.2) is 0 Å². The first-order valence-corrected chi connectivity index (χ1v) is 5.33. The van der Waals surface area contributed by atoms with Crippen molar-refractivity contribution >= 4 is 0 Å². The fourth-order valence-electron chi connectivity index (χ4n) is 1.39. The van der Waals surface area contributed by atoms with Gasteiger partial charge in [0.15, 0.2) is 0 Å². The van der Waals surface area contributed by atoms with Crippen molar-refractivity contribution in [1.82, 2.24) is 10.2 Å². The number of nitrogens with one attached hydrogen (secondary N) is 1. The SMILES string of the molecule is CCC(C)(C)N(C)C(C)CCNC. The Kier molecular flexibility index (Phi) is 5.57. The quantitative estimate of drug-likeness (QED) is 0.683. The zero-order valence-corrected chi connectivity index (χ0v) is 10.1. The largest absolute Gasteiger partial charge is 0.320 e. The molecule has 0 heterocycles. The maximum Gasteiger partial charge on any atom is 0.0150 e. The molecule has 2 nitrogen and oxygen atoms in total. The number of hydrogen-bond donors (Lipinski definition) is 1. The Bertz CT molecular complexity index is 132. The standard InChI is InChI=1S/C11H26N2/c1-7-11(3,4)13(6)10(2)8-9-12-5/h10,12H,7-9H2,1-6H3. The normalized spacial score (nSPS) is 15.0. The first-order chi connectivity index (χ1) is 5.95. The molecular weight excluding hydrogens is 160 g/mol. The summed E-state index contributed by atoms with van der Waals surface area (Å²) in [6.45, 7) is 10.3. The fourth-order valence-corrected chi connectivity index (χ4v) is 1.39. The van der Waals surface area contributed by atoms with Gasteiger partial charge in [0.05, 0.1) is 0 Å². The van der Waals surface area contributed by atoms with Crippen molar-refractivity contribution in [2.45, 2.75) is 52.1 Å². The summed E-state index contributed by atoms with van der Waals surface area (Å²) in [5, 5.41) is 3.20. The lowest BCUT2D eigenvalue weighted by Gasteiger charge is -2.39. The number of nitrogens with zero attached hydrogens (tertiary/aromatic N) is 1. The minimum absolute atomic E-state index is 0.327. The molecule has 0 aliphatic heterocycles. The maximum absolute atomic E-state index is 3.20. The Hall–Kier alpha value is -0.0800. The van der Waals surface area contributed by atoms with Crippen LogP contribution in [0.25, 0.3) is 0 Å². The summed E-state index contributed by atoms with van der Waals surface area (Å²) in [5.41, 5.74) is 0.327. The second-order valence-electron chi connectivity index (χ2n) is 4.52. The van der Waals surface area contributed by atoms with E-state index in [0.717, 1.165) is 6.54 Å². The van der Waals surface area contributed by atoms with Crippen molar-refractivity contribution in [2.24, 2.45) is 0 Å². The molecule has 1 unspecified atom stereocenters. The van der Waals surface area contributed by atoms with Crippen LogP contribution in [0.4, 0.5) is 0 Å². The molecule has 0 saturated heterocycles. The highest BCUT2D eigenvalue weighted by atomic mass is 15.2. The van der Waals surface area contributed by atoms with Crippen molar-refractivity contribution in [3.8, 4) is 0 Å². The predicted molar refractivity (Wildman–Crippen MR) is 60.1 cm³/mol. The van der Waals surface area contributed by atoms with Crippen LogP contribution in [0.3, 0.4) is 0 Å². The highest BCUT2D eigenvalue weighted by Crippen LogP contribution is 2.20. The minimum atomic E-state index is 0.327. The fraction of sp³-hybridized carbons (Fsp3) is 1.00. The molecule has 0 aromatic heterocycles. The summed E-state index contributed by atoms with van der Waals surface area (Å²) < 4.78 is 0. The molecule has 0 spiro atoms. The van der Waals surface area contributed by atoms with Crippen molar-refractivity contribution in [1.29, 1.82) is 0 Å². The molecule has 0 aromatic rings. The van der Waals surface area contributed by atoms with Crippen molar-refractivity contribution in [2.75, 3.05) is 20.6 Å². The van der Waals surface area contributed by atoms with Crippen LogP contribution in [0, 0.1) is 0 Å². The molecule has 2 heteroatoms. The lowest BCUT2D eigenvalue weighted by atomic mass is 9.97. The second-order valence-corrected chi connectivity index (χ2v) is 4.52. The summed E-state index contributed by atoms with van der Waals surface area (Å²) in [7, 11) is 4.24. The number of hydrogen-bond acceptors (Lipinski definition) is 2. The summed E-state index contributed by atoms with van der Waals surface area (Å²) in [4.78, 5) is 2.48. The third-order valence-electron chi connectivity index (χ3n) is 3.29. The maximum atomic E-state index is 3.20. The lowest BCUT2D eigenvalue weighted by molar-refractivity contribution is 0.101. The molecule has 0 aromatic carbocycles. The third kappa shape index (κ3) is 4.10. The molecule has 80 valence electrons. The molecule has 1 N–H and O–H groups in total. The average molecular weight is 186 g/mol. The van der Waals surface area contributed by atoms with E-state index < -0.39 is 0 Å². The molecule has 0 aliphatic rings. The van der Waals surface area contributed by atoms with E-state index in [1.165, 1.54) is 12.8 Å². The molecule has 0 saturated carbocycles. The van der Waals surface area contributed by atoms with Crippen LogP contribution in [-0.4, -0.2) is 37.1 Å². The van der Waals surface area contributed by atoms with Gasteiger partial charge < -0.3 is 5.32 Å². The second kappa shape index (κ2) is 5.61. The van der Waals surface area contributed by atoms with Gasteiger partial charge in [0.1, 0.15) is 0 Å². The highest BCUT2D eigenvalue weighted by Gasteiger charge is 2.24.